The Balaban J connectivity index is 2.09. The van der Waals surface area contributed by atoms with Crippen LogP contribution in [0.3, 0.4) is 0 Å². The van der Waals surface area contributed by atoms with Gasteiger partial charge in [-0.3, -0.25) is 9.36 Å². The van der Waals surface area contributed by atoms with E-state index in [-0.39, 0.29) is 11.3 Å². The van der Waals surface area contributed by atoms with Gasteiger partial charge in [-0.15, -0.1) is 0 Å². The van der Waals surface area contributed by atoms with Gasteiger partial charge < -0.3 is 4.74 Å². The Bertz CT molecular complexity index is 864. The Hall–Kier alpha value is -2.24. The molecule has 116 valence electrons. The predicted octanol–water partition coefficient (Wildman–Crippen LogP) is 4.40. The van der Waals surface area contributed by atoms with Crippen molar-refractivity contribution in [2.45, 2.75) is 5.16 Å². The third-order valence-corrected chi connectivity index (χ3v) is 4.04. The standard InChI is InChI=1S/C17H13ClN2O2S/c1-23-17-19-11-15(22-14-5-3-2-4-6-14)16(21)20(17)13-9-7-12(18)8-10-13/h2-11H,1H3. The molecule has 1 aromatic heterocycles. The molecule has 0 atom stereocenters. The van der Waals surface area contributed by atoms with Crippen molar-refractivity contribution in [2.75, 3.05) is 6.26 Å². The largest absolute Gasteiger partial charge is 0.450 e. The summed E-state index contributed by atoms with van der Waals surface area (Å²) in [6, 6.07) is 16.2. The van der Waals surface area contributed by atoms with Crippen LogP contribution in [0, 0.1) is 0 Å². The smallest absolute Gasteiger partial charge is 0.301 e. The molecular formula is C17H13ClN2O2S. The molecule has 23 heavy (non-hydrogen) atoms. The maximum Gasteiger partial charge on any atom is 0.301 e. The highest BCUT2D eigenvalue weighted by Gasteiger charge is 2.13. The minimum absolute atomic E-state index is 0.170. The number of ether oxygens (including phenoxy) is 1. The van der Waals surface area contributed by atoms with Gasteiger partial charge in [0.15, 0.2) is 5.16 Å². The summed E-state index contributed by atoms with van der Waals surface area (Å²) in [5.74, 6) is 0.759. The second-order valence-corrected chi connectivity index (χ2v) is 5.85. The van der Waals surface area contributed by atoms with Crippen LogP contribution in [-0.2, 0) is 0 Å². The number of halogens is 1. The normalized spacial score (nSPS) is 10.5. The zero-order valence-electron chi connectivity index (χ0n) is 12.3. The molecule has 0 aliphatic rings. The molecule has 0 bridgehead atoms. The number of aromatic nitrogens is 2. The average molecular weight is 345 g/mol. The van der Waals surface area contributed by atoms with E-state index in [0.717, 1.165) is 0 Å². The molecule has 0 fully saturated rings. The lowest BCUT2D eigenvalue weighted by atomic mass is 10.3. The molecule has 2 aromatic carbocycles. The summed E-state index contributed by atoms with van der Waals surface area (Å²) >= 11 is 7.31. The lowest BCUT2D eigenvalue weighted by molar-refractivity contribution is 0.464. The third-order valence-electron chi connectivity index (χ3n) is 3.14. The van der Waals surface area contributed by atoms with Crippen LogP contribution < -0.4 is 10.3 Å². The number of benzene rings is 2. The highest BCUT2D eigenvalue weighted by Crippen LogP contribution is 2.22. The summed E-state index contributed by atoms with van der Waals surface area (Å²) in [5, 5.41) is 1.19. The van der Waals surface area contributed by atoms with Gasteiger partial charge in [0, 0.05) is 5.02 Å². The lowest BCUT2D eigenvalue weighted by Gasteiger charge is -2.12. The van der Waals surface area contributed by atoms with Gasteiger partial charge in [-0.1, -0.05) is 41.6 Å². The van der Waals surface area contributed by atoms with Gasteiger partial charge in [0.1, 0.15) is 5.75 Å². The van der Waals surface area contributed by atoms with Gasteiger partial charge in [0.25, 0.3) is 0 Å². The molecule has 0 saturated heterocycles. The first-order valence-corrected chi connectivity index (χ1v) is 8.44. The topological polar surface area (TPSA) is 44.1 Å². The van der Waals surface area contributed by atoms with Crippen molar-refractivity contribution in [3.63, 3.8) is 0 Å². The Morgan fingerprint density at radius 1 is 1.09 bits per heavy atom. The first-order chi connectivity index (χ1) is 11.2. The fourth-order valence-electron chi connectivity index (χ4n) is 2.07. The fraction of sp³-hybridized carbons (Fsp3) is 0.0588. The SMILES string of the molecule is CSc1ncc(Oc2ccccc2)c(=O)n1-c1ccc(Cl)cc1. The molecule has 0 spiro atoms. The van der Waals surface area contributed by atoms with E-state index >= 15 is 0 Å². The summed E-state index contributed by atoms with van der Waals surface area (Å²) < 4.78 is 7.18. The molecule has 0 amide bonds. The van der Waals surface area contributed by atoms with E-state index < -0.39 is 0 Å². The molecule has 0 aliphatic carbocycles. The Labute approximate surface area is 142 Å². The lowest BCUT2D eigenvalue weighted by Crippen LogP contribution is -2.22. The van der Waals surface area contributed by atoms with Crippen LogP contribution in [0.5, 0.6) is 11.5 Å². The predicted molar refractivity (Wildman–Crippen MR) is 93.1 cm³/mol. The van der Waals surface area contributed by atoms with Gasteiger partial charge in [-0.2, -0.15) is 0 Å². The van der Waals surface area contributed by atoms with Crippen molar-refractivity contribution < 1.29 is 4.74 Å². The van der Waals surface area contributed by atoms with E-state index in [4.69, 9.17) is 16.3 Å². The number of rotatable bonds is 4. The van der Waals surface area contributed by atoms with Crippen LogP contribution in [0.2, 0.25) is 5.02 Å². The molecular weight excluding hydrogens is 332 g/mol. The molecule has 3 aromatic rings. The maximum atomic E-state index is 12.8. The Morgan fingerprint density at radius 3 is 2.43 bits per heavy atom. The first-order valence-electron chi connectivity index (χ1n) is 6.84. The van der Waals surface area contributed by atoms with Gasteiger partial charge >= 0.3 is 5.56 Å². The van der Waals surface area contributed by atoms with Crippen LogP contribution in [0.25, 0.3) is 5.69 Å². The van der Waals surface area contributed by atoms with Crippen molar-refractivity contribution in [1.82, 2.24) is 9.55 Å². The molecule has 4 nitrogen and oxygen atoms in total. The zero-order chi connectivity index (χ0) is 16.2. The average Bonchev–Trinajstić information content (AvgIpc) is 2.58. The van der Waals surface area contributed by atoms with Gasteiger partial charge in [0.05, 0.1) is 11.9 Å². The van der Waals surface area contributed by atoms with Gasteiger partial charge in [-0.05, 0) is 42.7 Å². The van der Waals surface area contributed by atoms with E-state index in [1.807, 2.05) is 24.5 Å². The summed E-state index contributed by atoms with van der Waals surface area (Å²) in [5.41, 5.74) is 0.422. The Kier molecular flexibility index (Phi) is 4.69. The minimum Gasteiger partial charge on any atom is -0.450 e. The molecule has 0 unspecified atom stereocenters. The third kappa shape index (κ3) is 3.41. The summed E-state index contributed by atoms with van der Waals surface area (Å²) in [6.45, 7) is 0. The number of hydrogen-bond acceptors (Lipinski definition) is 4. The van der Waals surface area contributed by atoms with Crippen LogP contribution >= 0.6 is 23.4 Å². The van der Waals surface area contributed by atoms with E-state index in [2.05, 4.69) is 4.98 Å². The number of nitrogens with zero attached hydrogens (tertiary/aromatic N) is 2. The fourth-order valence-corrected chi connectivity index (χ4v) is 2.73. The zero-order valence-corrected chi connectivity index (χ0v) is 13.8. The summed E-state index contributed by atoms with van der Waals surface area (Å²) in [6.07, 6.45) is 3.32. The summed E-state index contributed by atoms with van der Waals surface area (Å²) in [4.78, 5) is 17.1. The monoisotopic (exact) mass is 344 g/mol. The van der Waals surface area contributed by atoms with Crippen molar-refractivity contribution in [3.05, 3.63) is 76.2 Å². The second-order valence-electron chi connectivity index (χ2n) is 4.64. The van der Waals surface area contributed by atoms with Gasteiger partial charge in [-0.25, -0.2) is 4.98 Å². The number of thioether (sulfide) groups is 1. The van der Waals surface area contributed by atoms with Crippen molar-refractivity contribution >= 4 is 23.4 Å². The van der Waals surface area contributed by atoms with Crippen molar-refractivity contribution in [3.8, 4) is 17.2 Å². The molecule has 0 N–H and O–H groups in total. The van der Waals surface area contributed by atoms with E-state index in [9.17, 15) is 4.79 Å². The van der Waals surface area contributed by atoms with Crippen LogP contribution in [-0.4, -0.2) is 15.8 Å². The molecule has 0 aliphatic heterocycles. The number of para-hydroxylation sites is 1. The van der Waals surface area contributed by atoms with Crippen molar-refractivity contribution in [2.24, 2.45) is 0 Å². The van der Waals surface area contributed by atoms with Crippen LogP contribution in [0.4, 0.5) is 0 Å². The second kappa shape index (κ2) is 6.89. The molecule has 1 heterocycles. The molecule has 3 rings (SSSR count). The minimum atomic E-state index is -0.268. The first kappa shape index (κ1) is 15.6. The quantitative estimate of drug-likeness (QED) is 0.519. The van der Waals surface area contributed by atoms with E-state index in [1.165, 1.54) is 22.5 Å². The van der Waals surface area contributed by atoms with Gasteiger partial charge in [0.2, 0.25) is 5.75 Å². The molecule has 6 heteroatoms. The van der Waals surface area contributed by atoms with E-state index in [1.54, 1.807) is 36.4 Å². The highest BCUT2D eigenvalue weighted by atomic mass is 35.5. The number of hydrogen-bond donors (Lipinski definition) is 0. The van der Waals surface area contributed by atoms with E-state index in [0.29, 0.717) is 21.6 Å². The van der Waals surface area contributed by atoms with Crippen molar-refractivity contribution in [1.29, 1.82) is 0 Å². The van der Waals surface area contributed by atoms with Crippen LogP contribution in [0.1, 0.15) is 0 Å². The maximum absolute atomic E-state index is 12.8. The highest BCUT2D eigenvalue weighted by molar-refractivity contribution is 7.98. The van der Waals surface area contributed by atoms with Crippen LogP contribution in [0.15, 0.2) is 70.7 Å². The Morgan fingerprint density at radius 2 is 1.78 bits per heavy atom. The molecule has 0 radical (unpaired) electrons. The summed E-state index contributed by atoms with van der Waals surface area (Å²) in [7, 11) is 0. The molecule has 0 saturated carbocycles.